The molecular weight excluding hydrogens is 532 g/mol. The number of rotatable bonds is 14. The highest BCUT2D eigenvalue weighted by Gasteiger charge is 2.32. The summed E-state index contributed by atoms with van der Waals surface area (Å²) in [5, 5.41) is 6.26. The van der Waals surface area contributed by atoms with Crippen LogP contribution in [0.25, 0.3) is 0 Å². The van der Waals surface area contributed by atoms with Gasteiger partial charge in [-0.05, 0) is 44.4 Å². The lowest BCUT2D eigenvalue weighted by Gasteiger charge is -2.29. The van der Waals surface area contributed by atoms with Crippen LogP contribution in [0.1, 0.15) is 60.8 Å². The summed E-state index contributed by atoms with van der Waals surface area (Å²) in [5.41, 5.74) is 0.449. The molecule has 0 bridgehead atoms. The maximum Gasteiger partial charge on any atom is 0.373 e. The van der Waals surface area contributed by atoms with Gasteiger partial charge in [-0.15, -0.1) is 0 Å². The van der Waals surface area contributed by atoms with Crippen molar-refractivity contribution < 1.29 is 28.6 Å². The molecule has 1 aliphatic rings. The van der Waals surface area contributed by atoms with Gasteiger partial charge in [0.05, 0.1) is 13.2 Å². The third-order valence-electron chi connectivity index (χ3n) is 6.20. The van der Waals surface area contributed by atoms with E-state index in [4.69, 9.17) is 25.8 Å². The van der Waals surface area contributed by atoms with Crippen molar-refractivity contribution in [1.29, 1.82) is 0 Å². The zero-order valence-corrected chi connectivity index (χ0v) is 25.7. The summed E-state index contributed by atoms with van der Waals surface area (Å²) in [6.07, 6.45) is 17.2. The lowest BCUT2D eigenvalue weighted by atomic mass is 9.86. The molecule has 9 heteroatoms. The van der Waals surface area contributed by atoms with Gasteiger partial charge >= 0.3 is 5.97 Å². The highest BCUT2D eigenvalue weighted by molar-refractivity contribution is 6.29. The molecule has 0 aromatic carbocycles. The number of halogens is 1. The van der Waals surface area contributed by atoms with Gasteiger partial charge in [-0.1, -0.05) is 81.3 Å². The van der Waals surface area contributed by atoms with Crippen LogP contribution in [-0.2, 0) is 28.6 Å². The first-order chi connectivity index (χ1) is 18.8. The van der Waals surface area contributed by atoms with Crippen molar-refractivity contribution in [3.05, 3.63) is 71.2 Å². The number of ether oxygens (including phenoxy) is 3. The summed E-state index contributed by atoms with van der Waals surface area (Å²) >= 11 is 5.88. The number of methoxy groups -OCH3 is 2. The van der Waals surface area contributed by atoms with Crippen molar-refractivity contribution in [3.8, 4) is 0 Å². The van der Waals surface area contributed by atoms with Crippen LogP contribution < -0.4 is 10.6 Å². The van der Waals surface area contributed by atoms with E-state index in [1.807, 2.05) is 65.8 Å². The lowest BCUT2D eigenvalue weighted by Crippen LogP contribution is -2.52. The number of hydrogen-bond donors (Lipinski definition) is 2. The lowest BCUT2D eigenvalue weighted by molar-refractivity contribution is -0.151. The molecule has 2 N–H and O–H groups in total. The Labute approximate surface area is 244 Å². The van der Waals surface area contributed by atoms with Crippen molar-refractivity contribution in [2.45, 2.75) is 79.1 Å². The van der Waals surface area contributed by atoms with Crippen LogP contribution in [0, 0.1) is 11.3 Å². The maximum absolute atomic E-state index is 12.8. The van der Waals surface area contributed by atoms with Gasteiger partial charge in [-0.2, -0.15) is 0 Å². The van der Waals surface area contributed by atoms with Gasteiger partial charge < -0.3 is 24.8 Å². The first-order valence-corrected chi connectivity index (χ1v) is 13.8. The number of esters is 1. The van der Waals surface area contributed by atoms with Crippen LogP contribution in [0.5, 0.6) is 0 Å². The van der Waals surface area contributed by atoms with E-state index < -0.39 is 17.4 Å². The summed E-state index contributed by atoms with van der Waals surface area (Å²) < 4.78 is 15.8. The molecule has 0 aromatic heterocycles. The van der Waals surface area contributed by atoms with E-state index in [0.717, 1.165) is 5.57 Å². The van der Waals surface area contributed by atoms with Crippen LogP contribution in [0.2, 0.25) is 0 Å². The summed E-state index contributed by atoms with van der Waals surface area (Å²) in [4.78, 5) is 37.3. The number of nitrogens with one attached hydrogen (secondary N) is 2. The van der Waals surface area contributed by atoms with Crippen molar-refractivity contribution in [3.63, 3.8) is 0 Å². The van der Waals surface area contributed by atoms with Crippen molar-refractivity contribution in [2.75, 3.05) is 14.2 Å². The zero-order chi connectivity index (χ0) is 30.3. The van der Waals surface area contributed by atoms with Crippen LogP contribution in [0.3, 0.4) is 0 Å². The Balaban J connectivity index is 2.66. The molecule has 0 spiro atoms. The normalized spacial score (nSPS) is 19.4. The van der Waals surface area contributed by atoms with Crippen LogP contribution in [0.4, 0.5) is 0 Å². The highest BCUT2D eigenvalue weighted by atomic mass is 35.5. The van der Waals surface area contributed by atoms with E-state index in [1.165, 1.54) is 13.2 Å². The predicted octanol–water partition coefficient (Wildman–Crippen LogP) is 5.63. The molecule has 8 nitrogen and oxygen atoms in total. The molecule has 0 aliphatic carbocycles. The number of carbonyl (C=O) groups is 3. The predicted molar refractivity (Wildman–Crippen MR) is 159 cm³/mol. The average Bonchev–Trinajstić information content (AvgIpc) is 2.88. The second-order valence-electron chi connectivity index (χ2n) is 10.8. The highest BCUT2D eigenvalue weighted by Crippen LogP contribution is 2.23. The minimum absolute atomic E-state index is 0.00250. The molecule has 1 aliphatic heterocycles. The van der Waals surface area contributed by atoms with E-state index in [9.17, 15) is 14.4 Å². The van der Waals surface area contributed by atoms with Gasteiger partial charge in [0.1, 0.15) is 12.1 Å². The van der Waals surface area contributed by atoms with Gasteiger partial charge in [-0.25, -0.2) is 4.79 Å². The first kappa shape index (κ1) is 34.9. The minimum Gasteiger partial charge on any atom is -0.490 e. The van der Waals surface area contributed by atoms with Crippen LogP contribution >= 0.6 is 11.6 Å². The van der Waals surface area contributed by atoms with E-state index in [2.05, 4.69) is 10.6 Å². The fraction of sp³-hybridized carbons (Fsp3) is 0.516. The van der Waals surface area contributed by atoms with Crippen molar-refractivity contribution >= 4 is 29.4 Å². The Morgan fingerprint density at radius 1 is 1.18 bits per heavy atom. The minimum atomic E-state index is -0.744. The molecule has 0 unspecified atom stereocenters. The average molecular weight is 577 g/mol. The third-order valence-corrected chi connectivity index (χ3v) is 6.35. The van der Waals surface area contributed by atoms with Crippen molar-refractivity contribution in [1.82, 2.24) is 10.6 Å². The number of hydrogen-bond acceptors (Lipinski definition) is 6. The van der Waals surface area contributed by atoms with Gasteiger partial charge in [-0.3, -0.25) is 9.59 Å². The van der Waals surface area contributed by atoms with E-state index in [1.54, 1.807) is 31.5 Å². The Hall–Kier alpha value is -3.10. The molecule has 222 valence electrons. The Bertz CT molecular complexity index is 1040. The van der Waals surface area contributed by atoms with E-state index in [-0.39, 0.29) is 35.7 Å². The molecule has 0 fully saturated rings. The van der Waals surface area contributed by atoms with Crippen LogP contribution in [-0.4, -0.2) is 50.3 Å². The summed E-state index contributed by atoms with van der Waals surface area (Å²) in [6, 6.07) is -0.744. The quantitative estimate of drug-likeness (QED) is 0.158. The van der Waals surface area contributed by atoms with Gasteiger partial charge in [0.2, 0.25) is 11.8 Å². The zero-order valence-electron chi connectivity index (χ0n) is 25.0. The van der Waals surface area contributed by atoms with Gasteiger partial charge in [0.25, 0.3) is 0 Å². The summed E-state index contributed by atoms with van der Waals surface area (Å²) in [6.45, 7) is 11.4. The SMILES string of the molecule is COC1=CC[C@@H]([C@@H](C)/C=C(C)/C=C/C=C/C(=O)N[C@H](C(=O)N/C=C\C[C@H](C/C=C(\C)Cl)OC)C(C)(C)C)OC1=O. The summed E-state index contributed by atoms with van der Waals surface area (Å²) in [5.74, 6) is -0.906. The Morgan fingerprint density at radius 2 is 1.85 bits per heavy atom. The molecule has 0 radical (unpaired) electrons. The van der Waals surface area contributed by atoms with E-state index >= 15 is 0 Å². The van der Waals surface area contributed by atoms with Crippen molar-refractivity contribution in [2.24, 2.45) is 11.3 Å². The maximum atomic E-state index is 12.8. The molecule has 1 rings (SSSR count). The van der Waals surface area contributed by atoms with E-state index in [0.29, 0.717) is 24.3 Å². The monoisotopic (exact) mass is 576 g/mol. The second-order valence-corrected chi connectivity index (χ2v) is 11.4. The Morgan fingerprint density at radius 3 is 2.42 bits per heavy atom. The van der Waals surface area contributed by atoms with Gasteiger partial charge in [0.15, 0.2) is 5.76 Å². The van der Waals surface area contributed by atoms with Crippen LogP contribution in [0.15, 0.2) is 71.2 Å². The third kappa shape index (κ3) is 13.3. The number of amides is 2. The molecule has 0 aromatic rings. The fourth-order valence-corrected chi connectivity index (χ4v) is 3.95. The topological polar surface area (TPSA) is 103 Å². The Kier molecular flexibility index (Phi) is 15.3. The first-order valence-electron chi connectivity index (χ1n) is 13.4. The number of cyclic esters (lactones) is 1. The second kappa shape index (κ2) is 17.6. The van der Waals surface area contributed by atoms with Gasteiger partial charge in [0, 0.05) is 30.6 Å². The molecule has 1 heterocycles. The standard InChI is InChI=1S/C31H45ClN2O6/c1-21(20-22(2)25-17-18-26(39-8)30(37)40-25)12-9-10-14-27(35)34-28(31(4,5)6)29(36)33-19-11-13-24(38-7)16-15-23(3)32/h9-12,14-15,18-20,22,24-25,28H,13,16-17H2,1-8H3,(H,33,36)(H,34,35)/b12-9+,14-10+,19-11-,21-20+,23-15+/t22-,24+,25-,28+/m0/s1. The molecule has 0 saturated heterocycles. The summed E-state index contributed by atoms with van der Waals surface area (Å²) in [7, 11) is 3.07. The smallest absolute Gasteiger partial charge is 0.373 e. The number of carbonyl (C=O) groups excluding carboxylic acids is 3. The number of allylic oxidation sites excluding steroid dienone is 5. The molecule has 4 atom stereocenters. The molecule has 40 heavy (non-hydrogen) atoms. The fourth-order valence-electron chi connectivity index (χ4n) is 3.86. The molecule has 0 saturated carbocycles. The molecular formula is C31H45ClN2O6. The molecule has 2 amide bonds. The largest absolute Gasteiger partial charge is 0.490 e.